The largest absolute Gasteiger partial charge is 0.343 e. The molecule has 0 saturated carbocycles. The van der Waals surface area contributed by atoms with Crippen molar-refractivity contribution in [3.63, 3.8) is 0 Å². The molecular formula is C16H25ClN2O. The molecule has 0 fully saturated rings. The van der Waals surface area contributed by atoms with Crippen molar-refractivity contribution >= 4 is 17.5 Å². The maximum Gasteiger partial charge on any atom is 0.223 e. The molecule has 0 aliphatic rings. The average Bonchev–Trinajstić information content (AvgIpc) is 2.45. The molecule has 0 radical (unpaired) electrons. The van der Waals surface area contributed by atoms with E-state index in [4.69, 9.17) is 11.6 Å². The minimum Gasteiger partial charge on any atom is -0.343 e. The summed E-state index contributed by atoms with van der Waals surface area (Å²) in [6, 6.07) is 8.14. The monoisotopic (exact) mass is 296 g/mol. The zero-order valence-electron chi connectivity index (χ0n) is 12.7. The minimum absolute atomic E-state index is 0.212. The predicted molar refractivity (Wildman–Crippen MR) is 85.0 cm³/mol. The lowest BCUT2D eigenvalue weighted by molar-refractivity contribution is -0.130. The number of nitrogens with one attached hydrogen (secondary N) is 1. The van der Waals surface area contributed by atoms with E-state index in [0.717, 1.165) is 24.5 Å². The molecule has 1 unspecified atom stereocenters. The van der Waals surface area contributed by atoms with Gasteiger partial charge in [0.2, 0.25) is 5.91 Å². The lowest BCUT2D eigenvalue weighted by atomic mass is 10.0. The van der Waals surface area contributed by atoms with E-state index in [2.05, 4.69) is 18.3 Å². The molecule has 0 bridgehead atoms. The first kappa shape index (κ1) is 17.0. The zero-order chi connectivity index (χ0) is 15.0. The lowest BCUT2D eigenvalue weighted by Crippen LogP contribution is -2.33. The number of carbonyl (C=O) groups is 1. The van der Waals surface area contributed by atoms with Gasteiger partial charge in [-0.3, -0.25) is 4.79 Å². The fraction of sp³-hybridized carbons (Fsp3) is 0.562. The Morgan fingerprint density at radius 1 is 1.30 bits per heavy atom. The Hall–Kier alpha value is -1.06. The summed E-state index contributed by atoms with van der Waals surface area (Å²) in [5.41, 5.74) is 1.18. The number of hydrogen-bond acceptors (Lipinski definition) is 2. The van der Waals surface area contributed by atoms with Crippen molar-refractivity contribution in [1.82, 2.24) is 10.2 Å². The average molecular weight is 297 g/mol. The molecule has 1 atom stereocenters. The molecule has 0 aromatic heterocycles. The quantitative estimate of drug-likeness (QED) is 0.794. The van der Waals surface area contributed by atoms with Gasteiger partial charge in [0.05, 0.1) is 0 Å². The van der Waals surface area contributed by atoms with Crippen molar-refractivity contribution < 1.29 is 4.79 Å². The van der Waals surface area contributed by atoms with Crippen LogP contribution in [0.25, 0.3) is 0 Å². The van der Waals surface area contributed by atoms with E-state index in [1.807, 2.05) is 36.9 Å². The summed E-state index contributed by atoms with van der Waals surface area (Å²) in [6.45, 7) is 8.40. The number of amides is 1. The van der Waals surface area contributed by atoms with Gasteiger partial charge in [0, 0.05) is 37.1 Å². The number of rotatable bonds is 8. The third-order valence-electron chi connectivity index (χ3n) is 3.51. The molecule has 0 aliphatic heterocycles. The van der Waals surface area contributed by atoms with Crippen LogP contribution < -0.4 is 5.32 Å². The van der Waals surface area contributed by atoms with Gasteiger partial charge in [0.1, 0.15) is 0 Å². The summed E-state index contributed by atoms with van der Waals surface area (Å²) >= 11 is 6.02. The van der Waals surface area contributed by atoms with E-state index in [-0.39, 0.29) is 11.9 Å². The van der Waals surface area contributed by atoms with Crippen LogP contribution in [-0.4, -0.2) is 30.4 Å². The van der Waals surface area contributed by atoms with Crippen LogP contribution in [0.5, 0.6) is 0 Å². The molecule has 0 aliphatic carbocycles. The second-order valence-corrected chi connectivity index (χ2v) is 5.22. The number of nitrogens with zero attached hydrogens (tertiary/aromatic N) is 1. The van der Waals surface area contributed by atoms with Crippen LogP contribution in [-0.2, 0) is 4.79 Å². The summed E-state index contributed by atoms with van der Waals surface area (Å²) in [5, 5.41) is 4.19. The number of benzene rings is 1. The van der Waals surface area contributed by atoms with Crippen molar-refractivity contribution in [2.45, 2.75) is 39.7 Å². The van der Waals surface area contributed by atoms with E-state index in [1.54, 1.807) is 0 Å². The highest BCUT2D eigenvalue weighted by Crippen LogP contribution is 2.20. The fourth-order valence-electron chi connectivity index (χ4n) is 2.31. The van der Waals surface area contributed by atoms with Gasteiger partial charge in [0.25, 0.3) is 0 Å². The summed E-state index contributed by atoms with van der Waals surface area (Å²) < 4.78 is 0. The third-order valence-corrected chi connectivity index (χ3v) is 3.74. The Balaban J connectivity index is 2.48. The predicted octanol–water partition coefficient (Wildman–Crippen LogP) is 3.64. The van der Waals surface area contributed by atoms with Crippen LogP contribution in [0.15, 0.2) is 24.3 Å². The third kappa shape index (κ3) is 5.14. The Labute approximate surface area is 127 Å². The molecule has 1 amide bonds. The molecule has 0 spiro atoms. The highest BCUT2D eigenvalue weighted by Gasteiger charge is 2.12. The number of hydrogen-bond donors (Lipinski definition) is 1. The Morgan fingerprint density at radius 2 is 2.00 bits per heavy atom. The van der Waals surface area contributed by atoms with E-state index >= 15 is 0 Å². The maximum absolute atomic E-state index is 11.9. The zero-order valence-corrected chi connectivity index (χ0v) is 13.4. The first-order valence-corrected chi connectivity index (χ1v) is 7.76. The van der Waals surface area contributed by atoms with E-state index in [1.165, 1.54) is 5.56 Å². The standard InChI is InChI=1S/C16H25ClN2O/c1-4-15(13-8-7-9-14(17)12-13)18-11-10-16(20)19(5-2)6-3/h7-9,12,15,18H,4-6,10-11H2,1-3H3. The Morgan fingerprint density at radius 3 is 2.55 bits per heavy atom. The summed E-state index contributed by atoms with van der Waals surface area (Å²) in [5.74, 6) is 0.212. The highest BCUT2D eigenvalue weighted by molar-refractivity contribution is 6.30. The minimum atomic E-state index is 0.212. The fourth-order valence-corrected chi connectivity index (χ4v) is 2.51. The van der Waals surface area contributed by atoms with E-state index in [9.17, 15) is 4.79 Å². The van der Waals surface area contributed by atoms with Gasteiger partial charge in [-0.05, 0) is 38.0 Å². The second-order valence-electron chi connectivity index (χ2n) is 4.79. The SMILES string of the molecule is CCC(NCCC(=O)N(CC)CC)c1cccc(Cl)c1. The molecule has 1 aromatic carbocycles. The molecule has 112 valence electrons. The van der Waals surface area contributed by atoms with Gasteiger partial charge >= 0.3 is 0 Å². The molecule has 0 heterocycles. The maximum atomic E-state index is 11.9. The van der Waals surface area contributed by atoms with Crippen LogP contribution in [0.4, 0.5) is 0 Å². The Bertz CT molecular complexity index is 419. The molecule has 1 N–H and O–H groups in total. The normalized spacial score (nSPS) is 12.2. The van der Waals surface area contributed by atoms with Crippen LogP contribution in [0, 0.1) is 0 Å². The smallest absolute Gasteiger partial charge is 0.223 e. The first-order chi connectivity index (χ1) is 9.62. The van der Waals surface area contributed by atoms with Crippen molar-refractivity contribution in [1.29, 1.82) is 0 Å². The summed E-state index contributed by atoms with van der Waals surface area (Å²) in [7, 11) is 0. The molecule has 0 saturated heterocycles. The molecule has 4 heteroatoms. The van der Waals surface area contributed by atoms with Crippen molar-refractivity contribution in [3.05, 3.63) is 34.9 Å². The van der Waals surface area contributed by atoms with Gasteiger partial charge in [-0.2, -0.15) is 0 Å². The molecule has 3 nitrogen and oxygen atoms in total. The number of carbonyl (C=O) groups excluding carboxylic acids is 1. The van der Waals surface area contributed by atoms with Crippen molar-refractivity contribution in [3.8, 4) is 0 Å². The highest BCUT2D eigenvalue weighted by atomic mass is 35.5. The van der Waals surface area contributed by atoms with E-state index in [0.29, 0.717) is 13.0 Å². The topological polar surface area (TPSA) is 32.3 Å². The molecule has 1 rings (SSSR count). The second kappa shape index (κ2) is 8.98. The molecular weight excluding hydrogens is 272 g/mol. The van der Waals surface area contributed by atoms with Crippen LogP contribution in [0.2, 0.25) is 5.02 Å². The first-order valence-electron chi connectivity index (χ1n) is 7.38. The van der Waals surface area contributed by atoms with Gasteiger partial charge < -0.3 is 10.2 Å². The van der Waals surface area contributed by atoms with Gasteiger partial charge in [-0.15, -0.1) is 0 Å². The van der Waals surface area contributed by atoms with Crippen LogP contribution >= 0.6 is 11.6 Å². The molecule has 20 heavy (non-hydrogen) atoms. The lowest BCUT2D eigenvalue weighted by Gasteiger charge is -2.21. The van der Waals surface area contributed by atoms with E-state index < -0.39 is 0 Å². The van der Waals surface area contributed by atoms with Crippen molar-refractivity contribution in [2.24, 2.45) is 0 Å². The molecule has 1 aromatic rings. The number of halogens is 1. The summed E-state index contributed by atoms with van der Waals surface area (Å²) in [6.07, 6.45) is 1.51. The van der Waals surface area contributed by atoms with Crippen LogP contribution in [0.1, 0.15) is 45.2 Å². The van der Waals surface area contributed by atoms with Gasteiger partial charge in [-0.25, -0.2) is 0 Å². The van der Waals surface area contributed by atoms with Gasteiger partial charge in [0.15, 0.2) is 0 Å². The van der Waals surface area contributed by atoms with Crippen molar-refractivity contribution in [2.75, 3.05) is 19.6 Å². The van der Waals surface area contributed by atoms with Gasteiger partial charge in [-0.1, -0.05) is 30.7 Å². The van der Waals surface area contributed by atoms with Crippen LogP contribution in [0.3, 0.4) is 0 Å². The summed E-state index contributed by atoms with van der Waals surface area (Å²) in [4.78, 5) is 13.8. The Kier molecular flexibility index (Phi) is 7.63.